The molecular weight excluding hydrogens is 366 g/mol. The van der Waals surface area contributed by atoms with E-state index in [1.165, 1.54) is 7.05 Å². The fourth-order valence-corrected chi connectivity index (χ4v) is 4.90. The summed E-state index contributed by atoms with van der Waals surface area (Å²) in [4.78, 5) is 0. The third-order valence-electron chi connectivity index (χ3n) is 6.27. The summed E-state index contributed by atoms with van der Waals surface area (Å²) in [5, 5.41) is 22.2. The summed E-state index contributed by atoms with van der Waals surface area (Å²) in [6.07, 6.45) is -15.1. The number of aliphatic hydroxyl groups excluding tert-OH is 2. The van der Waals surface area contributed by atoms with Crippen LogP contribution in [-0.2, 0) is 0 Å². The predicted molar refractivity (Wildman–Crippen MR) is 82.1 cm³/mol. The Morgan fingerprint density at radius 1 is 0.808 bits per heavy atom. The maximum absolute atomic E-state index is 14.1. The number of rotatable bonds is 3. The lowest BCUT2D eigenvalue weighted by Crippen LogP contribution is -2.63. The summed E-state index contributed by atoms with van der Waals surface area (Å²) in [6.45, 7) is 0. The molecule has 2 saturated carbocycles. The van der Waals surface area contributed by atoms with E-state index in [9.17, 15) is 36.6 Å². The average Bonchev–Trinajstić information content (AvgIpc) is 2.50. The Kier molecular flexibility index (Phi) is 6.22. The highest BCUT2D eigenvalue weighted by Gasteiger charge is 2.76. The van der Waals surface area contributed by atoms with Gasteiger partial charge in [0.2, 0.25) is 0 Å². The first-order valence-electron chi connectivity index (χ1n) is 8.78. The third kappa shape index (κ3) is 3.57. The second-order valence-electron chi connectivity index (χ2n) is 7.58. The molecule has 5 N–H and O–H groups in total. The minimum Gasteiger partial charge on any atom is -0.392 e. The number of nitrogens with one attached hydrogen (secondary N) is 1. The number of hydrogen-bond donors (Lipinski definition) is 4. The number of alkyl halides is 6. The Labute approximate surface area is 148 Å². The van der Waals surface area contributed by atoms with E-state index in [1.54, 1.807) is 0 Å². The molecule has 2 aliphatic carbocycles. The van der Waals surface area contributed by atoms with E-state index in [-0.39, 0.29) is 19.3 Å². The van der Waals surface area contributed by atoms with Gasteiger partial charge in [-0.15, -0.1) is 0 Å². The van der Waals surface area contributed by atoms with Crippen molar-refractivity contribution in [2.24, 2.45) is 23.0 Å². The molecule has 0 amide bonds. The lowest BCUT2D eigenvalue weighted by Gasteiger charge is -2.52. The molecule has 2 aliphatic rings. The molecule has 154 valence electrons. The van der Waals surface area contributed by atoms with E-state index in [1.807, 2.05) is 0 Å². The van der Waals surface area contributed by atoms with E-state index in [4.69, 9.17) is 5.73 Å². The van der Waals surface area contributed by atoms with Crippen molar-refractivity contribution in [2.75, 3.05) is 7.05 Å². The zero-order valence-corrected chi connectivity index (χ0v) is 14.4. The van der Waals surface area contributed by atoms with Crippen LogP contribution in [0.5, 0.6) is 0 Å². The largest absolute Gasteiger partial charge is 0.403 e. The van der Waals surface area contributed by atoms with E-state index < -0.39 is 73.2 Å². The van der Waals surface area contributed by atoms with Gasteiger partial charge in [-0.2, -0.15) is 26.3 Å². The van der Waals surface area contributed by atoms with Crippen molar-refractivity contribution in [2.45, 2.75) is 75.2 Å². The van der Waals surface area contributed by atoms with Crippen LogP contribution in [0.25, 0.3) is 0 Å². The molecule has 6 atom stereocenters. The minimum atomic E-state index is -5.51. The second kappa shape index (κ2) is 7.44. The monoisotopic (exact) mass is 392 g/mol. The van der Waals surface area contributed by atoms with Crippen LogP contribution in [0.3, 0.4) is 0 Å². The first-order chi connectivity index (χ1) is 11.9. The van der Waals surface area contributed by atoms with Crippen LogP contribution in [0.4, 0.5) is 26.3 Å². The molecule has 6 unspecified atom stereocenters. The maximum Gasteiger partial charge on any atom is 0.403 e. The molecule has 10 heteroatoms. The Balaban J connectivity index is 2.51. The Hall–Kier alpha value is -0.580. The number of nitrogens with two attached hydrogens (primary N) is 1. The van der Waals surface area contributed by atoms with Crippen molar-refractivity contribution in [3.8, 4) is 0 Å². The lowest BCUT2D eigenvalue weighted by molar-refractivity contribution is -0.383. The lowest BCUT2D eigenvalue weighted by atomic mass is 9.56. The second-order valence-corrected chi connectivity index (χ2v) is 7.58. The summed E-state index contributed by atoms with van der Waals surface area (Å²) >= 11 is 0. The van der Waals surface area contributed by atoms with Gasteiger partial charge in [0.1, 0.15) is 0 Å². The fourth-order valence-electron chi connectivity index (χ4n) is 4.90. The molecule has 0 spiro atoms. The van der Waals surface area contributed by atoms with Gasteiger partial charge in [-0.3, -0.25) is 0 Å². The first kappa shape index (κ1) is 21.7. The molecule has 2 fully saturated rings. The molecule has 0 radical (unpaired) electrons. The molecule has 0 aromatic heterocycles. The molecule has 2 rings (SSSR count). The standard InChI is InChI=1S/C16H26F6N2O2/c1-24-11-7-9(3-5-13(11)26)14(15(17,18)19,16(20,21)22)8-2-4-12(25)10(23)6-8/h8-13,24-26H,2-7,23H2,1H3. The molecule has 4 nitrogen and oxygen atoms in total. The van der Waals surface area contributed by atoms with Gasteiger partial charge >= 0.3 is 12.4 Å². The smallest absolute Gasteiger partial charge is 0.392 e. The SMILES string of the molecule is CNC1CC(C(C2CCC(O)C(N)C2)(C(F)(F)F)C(F)(F)F)CCC1O. The van der Waals surface area contributed by atoms with Gasteiger partial charge < -0.3 is 21.3 Å². The van der Waals surface area contributed by atoms with Gasteiger partial charge in [-0.25, -0.2) is 0 Å². The number of likely N-dealkylation sites (N-methyl/N-ethyl adjacent to an activating group) is 1. The van der Waals surface area contributed by atoms with E-state index >= 15 is 0 Å². The molecule has 0 aromatic rings. The highest BCUT2D eigenvalue weighted by molar-refractivity contribution is 5.07. The summed E-state index contributed by atoms with van der Waals surface area (Å²) < 4.78 is 84.5. The van der Waals surface area contributed by atoms with Gasteiger partial charge in [0.25, 0.3) is 0 Å². The van der Waals surface area contributed by atoms with Gasteiger partial charge in [-0.1, -0.05) is 0 Å². The maximum atomic E-state index is 14.1. The topological polar surface area (TPSA) is 78.5 Å². The summed E-state index contributed by atoms with van der Waals surface area (Å²) in [5.41, 5.74) is 1.72. The van der Waals surface area contributed by atoms with Crippen LogP contribution in [0.2, 0.25) is 0 Å². The summed E-state index contributed by atoms with van der Waals surface area (Å²) in [5.74, 6) is -3.46. The quantitative estimate of drug-likeness (QED) is 0.556. The predicted octanol–water partition coefficient (Wildman–Crippen LogP) is 2.33. The summed E-state index contributed by atoms with van der Waals surface area (Å²) in [7, 11) is 1.41. The van der Waals surface area contributed by atoms with Crippen molar-refractivity contribution in [3.63, 3.8) is 0 Å². The third-order valence-corrected chi connectivity index (χ3v) is 6.27. The van der Waals surface area contributed by atoms with Gasteiger partial charge in [0.05, 0.1) is 12.2 Å². The Morgan fingerprint density at radius 3 is 1.69 bits per heavy atom. The Bertz CT molecular complexity index is 470. The van der Waals surface area contributed by atoms with Gasteiger partial charge in [0.15, 0.2) is 5.41 Å². The highest BCUT2D eigenvalue weighted by atomic mass is 19.4. The van der Waals surface area contributed by atoms with Crippen LogP contribution < -0.4 is 11.1 Å². The van der Waals surface area contributed by atoms with Crippen molar-refractivity contribution < 1.29 is 36.6 Å². The van der Waals surface area contributed by atoms with E-state index in [0.717, 1.165) is 0 Å². The fraction of sp³-hybridized carbons (Fsp3) is 1.00. The number of aliphatic hydroxyl groups is 2. The molecule has 0 bridgehead atoms. The van der Waals surface area contributed by atoms with E-state index in [2.05, 4.69) is 5.32 Å². The van der Waals surface area contributed by atoms with Crippen molar-refractivity contribution in [1.82, 2.24) is 5.32 Å². The van der Waals surface area contributed by atoms with Gasteiger partial charge in [0, 0.05) is 12.1 Å². The van der Waals surface area contributed by atoms with Crippen LogP contribution in [-0.4, -0.2) is 53.9 Å². The van der Waals surface area contributed by atoms with Crippen molar-refractivity contribution in [3.05, 3.63) is 0 Å². The van der Waals surface area contributed by atoms with Crippen LogP contribution in [0.15, 0.2) is 0 Å². The first-order valence-corrected chi connectivity index (χ1v) is 8.78. The molecule has 0 saturated heterocycles. The van der Waals surface area contributed by atoms with Crippen LogP contribution in [0, 0.1) is 17.3 Å². The molecule has 26 heavy (non-hydrogen) atoms. The normalized spacial score (nSPS) is 37.6. The van der Waals surface area contributed by atoms with Gasteiger partial charge in [-0.05, 0) is 57.4 Å². The minimum absolute atomic E-state index is 0.133. The molecule has 0 heterocycles. The summed E-state index contributed by atoms with van der Waals surface area (Å²) in [6, 6.07) is -1.95. The van der Waals surface area contributed by atoms with E-state index in [0.29, 0.717) is 0 Å². The molecule has 0 aliphatic heterocycles. The average molecular weight is 392 g/mol. The molecule has 0 aromatic carbocycles. The highest BCUT2D eigenvalue weighted by Crippen LogP contribution is 2.64. The van der Waals surface area contributed by atoms with Crippen LogP contribution in [0.1, 0.15) is 38.5 Å². The van der Waals surface area contributed by atoms with Crippen LogP contribution >= 0.6 is 0 Å². The zero-order valence-electron chi connectivity index (χ0n) is 14.4. The zero-order chi connectivity index (χ0) is 19.9. The number of halogens is 6. The number of hydrogen-bond acceptors (Lipinski definition) is 4. The Morgan fingerprint density at radius 2 is 1.27 bits per heavy atom. The van der Waals surface area contributed by atoms with Crippen molar-refractivity contribution >= 4 is 0 Å². The van der Waals surface area contributed by atoms with Crippen molar-refractivity contribution in [1.29, 1.82) is 0 Å². The molecular formula is C16H26F6N2O2.